The minimum absolute atomic E-state index is 0.0552. The molecular formula is C16H24F2N2. The first-order valence-electron chi connectivity index (χ1n) is 7.41. The molecule has 4 heteroatoms. The first-order valence-corrected chi connectivity index (χ1v) is 7.41. The van der Waals surface area contributed by atoms with Crippen molar-refractivity contribution in [1.29, 1.82) is 0 Å². The van der Waals surface area contributed by atoms with Gasteiger partial charge >= 0.3 is 0 Å². The first kappa shape index (κ1) is 15.4. The Hall–Kier alpha value is -1.00. The van der Waals surface area contributed by atoms with Crippen molar-refractivity contribution in [1.82, 2.24) is 10.2 Å². The molecule has 0 aliphatic carbocycles. The molecule has 1 fully saturated rings. The van der Waals surface area contributed by atoms with E-state index in [1.54, 1.807) is 0 Å². The van der Waals surface area contributed by atoms with E-state index < -0.39 is 11.6 Å². The number of hydrogen-bond donors (Lipinski definition) is 1. The smallest absolute Gasteiger partial charge is 0.130 e. The van der Waals surface area contributed by atoms with Gasteiger partial charge in [-0.05, 0) is 31.9 Å². The maximum absolute atomic E-state index is 13.9. The van der Waals surface area contributed by atoms with Crippen molar-refractivity contribution < 1.29 is 8.78 Å². The van der Waals surface area contributed by atoms with Crippen molar-refractivity contribution in [3.8, 4) is 0 Å². The van der Waals surface area contributed by atoms with Crippen molar-refractivity contribution in [2.75, 3.05) is 13.1 Å². The second-order valence-electron chi connectivity index (χ2n) is 5.92. The lowest BCUT2D eigenvalue weighted by Gasteiger charge is -2.48. The quantitative estimate of drug-likeness (QED) is 0.911. The van der Waals surface area contributed by atoms with Crippen LogP contribution in [0.1, 0.15) is 39.2 Å². The highest BCUT2D eigenvalue weighted by atomic mass is 19.1. The molecule has 0 amide bonds. The zero-order valence-electron chi connectivity index (χ0n) is 12.5. The largest absolute Gasteiger partial charge is 0.311 e. The van der Waals surface area contributed by atoms with Crippen LogP contribution in [0.5, 0.6) is 0 Å². The average molecular weight is 282 g/mol. The Morgan fingerprint density at radius 1 is 1.30 bits per heavy atom. The minimum atomic E-state index is -0.449. The Labute approximate surface area is 120 Å². The van der Waals surface area contributed by atoms with Crippen LogP contribution in [-0.4, -0.2) is 29.6 Å². The highest BCUT2D eigenvalue weighted by Gasteiger charge is 2.36. The van der Waals surface area contributed by atoms with Crippen LogP contribution in [0.2, 0.25) is 0 Å². The number of halogens is 2. The molecule has 0 aromatic heterocycles. The van der Waals surface area contributed by atoms with Crippen LogP contribution >= 0.6 is 0 Å². The summed E-state index contributed by atoms with van der Waals surface area (Å²) in [6, 6.07) is 4.48. The number of benzene rings is 1. The average Bonchev–Trinajstić information content (AvgIpc) is 2.45. The highest BCUT2D eigenvalue weighted by Crippen LogP contribution is 2.27. The molecule has 2 atom stereocenters. The number of hydrogen-bond acceptors (Lipinski definition) is 2. The van der Waals surface area contributed by atoms with E-state index in [2.05, 4.69) is 31.0 Å². The van der Waals surface area contributed by atoms with Crippen molar-refractivity contribution in [2.24, 2.45) is 0 Å². The molecule has 1 N–H and O–H groups in total. The second-order valence-corrected chi connectivity index (χ2v) is 5.92. The predicted octanol–water partition coefficient (Wildman–Crippen LogP) is 3.32. The summed E-state index contributed by atoms with van der Waals surface area (Å²) in [5.74, 6) is -0.898. The van der Waals surface area contributed by atoms with Crippen LogP contribution in [0.4, 0.5) is 8.78 Å². The third-order valence-electron chi connectivity index (χ3n) is 4.64. The monoisotopic (exact) mass is 282 g/mol. The summed E-state index contributed by atoms with van der Waals surface area (Å²) in [6.45, 7) is 8.44. The Balaban J connectivity index is 2.23. The molecular weight excluding hydrogens is 258 g/mol. The number of nitrogens with zero attached hydrogens (tertiary/aromatic N) is 1. The van der Waals surface area contributed by atoms with Gasteiger partial charge < -0.3 is 5.32 Å². The van der Waals surface area contributed by atoms with Gasteiger partial charge in [-0.25, -0.2) is 8.78 Å². The van der Waals surface area contributed by atoms with Crippen LogP contribution in [0, 0.1) is 11.6 Å². The summed E-state index contributed by atoms with van der Waals surface area (Å²) < 4.78 is 27.7. The van der Waals surface area contributed by atoms with Gasteiger partial charge in [-0.3, -0.25) is 4.90 Å². The van der Waals surface area contributed by atoms with Gasteiger partial charge in [0.2, 0.25) is 0 Å². The molecule has 112 valence electrons. The van der Waals surface area contributed by atoms with Gasteiger partial charge in [0.15, 0.2) is 0 Å². The van der Waals surface area contributed by atoms with E-state index in [0.29, 0.717) is 12.6 Å². The third kappa shape index (κ3) is 3.01. The molecule has 1 aliphatic rings. The van der Waals surface area contributed by atoms with E-state index >= 15 is 0 Å². The summed E-state index contributed by atoms with van der Waals surface area (Å²) in [6.07, 6.45) is 1.97. The van der Waals surface area contributed by atoms with E-state index in [4.69, 9.17) is 0 Å². The summed E-state index contributed by atoms with van der Waals surface area (Å²) in [5, 5.41) is 3.53. The van der Waals surface area contributed by atoms with Gasteiger partial charge in [-0.1, -0.05) is 19.9 Å². The van der Waals surface area contributed by atoms with Crippen LogP contribution < -0.4 is 5.32 Å². The van der Waals surface area contributed by atoms with Gasteiger partial charge in [0.25, 0.3) is 0 Å². The summed E-state index contributed by atoms with van der Waals surface area (Å²) in [7, 11) is 0. The fraction of sp³-hybridized carbons (Fsp3) is 0.625. The summed E-state index contributed by atoms with van der Waals surface area (Å²) >= 11 is 0. The van der Waals surface area contributed by atoms with E-state index in [0.717, 1.165) is 25.9 Å². The molecule has 20 heavy (non-hydrogen) atoms. The van der Waals surface area contributed by atoms with Gasteiger partial charge in [-0.2, -0.15) is 0 Å². The van der Waals surface area contributed by atoms with Gasteiger partial charge in [0, 0.05) is 36.8 Å². The van der Waals surface area contributed by atoms with E-state index in [-0.39, 0.29) is 11.1 Å². The van der Waals surface area contributed by atoms with E-state index in [9.17, 15) is 8.78 Å². The van der Waals surface area contributed by atoms with Crippen molar-refractivity contribution >= 4 is 0 Å². The van der Waals surface area contributed by atoms with Gasteiger partial charge in [0.1, 0.15) is 11.6 Å². The molecule has 0 bridgehead atoms. The van der Waals surface area contributed by atoms with Crippen molar-refractivity contribution in [3.05, 3.63) is 35.4 Å². The first-order chi connectivity index (χ1) is 9.50. The van der Waals surface area contributed by atoms with E-state index in [1.165, 1.54) is 18.2 Å². The molecule has 2 unspecified atom stereocenters. The molecule has 0 radical (unpaired) electrons. The SMILES string of the molecule is CCC1CN(Cc2c(F)cccc2F)C(C)(CC)CN1. The lowest BCUT2D eigenvalue weighted by Crippen LogP contribution is -2.62. The predicted molar refractivity (Wildman–Crippen MR) is 77.5 cm³/mol. The Morgan fingerprint density at radius 3 is 2.50 bits per heavy atom. The van der Waals surface area contributed by atoms with E-state index in [1.807, 2.05) is 0 Å². The number of nitrogens with one attached hydrogen (secondary N) is 1. The van der Waals surface area contributed by atoms with Crippen molar-refractivity contribution in [3.63, 3.8) is 0 Å². The molecule has 2 rings (SSSR count). The van der Waals surface area contributed by atoms with Crippen LogP contribution in [0.3, 0.4) is 0 Å². The van der Waals surface area contributed by atoms with Crippen LogP contribution in [-0.2, 0) is 6.54 Å². The maximum Gasteiger partial charge on any atom is 0.130 e. The Morgan fingerprint density at radius 2 is 1.95 bits per heavy atom. The highest BCUT2D eigenvalue weighted by molar-refractivity contribution is 5.20. The number of rotatable bonds is 4. The molecule has 1 heterocycles. The zero-order chi connectivity index (χ0) is 14.8. The molecule has 0 saturated carbocycles. The molecule has 1 aromatic carbocycles. The van der Waals surface area contributed by atoms with Crippen LogP contribution in [0.25, 0.3) is 0 Å². The fourth-order valence-electron chi connectivity index (χ4n) is 2.78. The number of piperazine rings is 1. The normalized spacial score (nSPS) is 27.8. The van der Waals surface area contributed by atoms with Gasteiger partial charge in [0.05, 0.1) is 0 Å². The van der Waals surface area contributed by atoms with Crippen LogP contribution in [0.15, 0.2) is 18.2 Å². The third-order valence-corrected chi connectivity index (χ3v) is 4.64. The minimum Gasteiger partial charge on any atom is -0.311 e. The lowest BCUT2D eigenvalue weighted by molar-refractivity contribution is 0.0390. The lowest BCUT2D eigenvalue weighted by atomic mass is 9.91. The molecule has 1 aromatic rings. The zero-order valence-corrected chi connectivity index (χ0v) is 12.5. The summed E-state index contributed by atoms with van der Waals surface area (Å²) in [5.41, 5.74) is 0.129. The fourth-order valence-corrected chi connectivity index (χ4v) is 2.78. The summed E-state index contributed by atoms with van der Waals surface area (Å²) in [4.78, 5) is 2.22. The molecule has 2 nitrogen and oxygen atoms in total. The second kappa shape index (κ2) is 6.19. The maximum atomic E-state index is 13.9. The standard InChI is InChI=1S/C16H24F2N2/c1-4-12-9-20(16(3,5-2)11-19-12)10-13-14(17)7-6-8-15(13)18/h6-8,12,19H,4-5,9-11H2,1-3H3. The molecule has 0 spiro atoms. The Kier molecular flexibility index (Phi) is 4.76. The van der Waals surface area contributed by atoms with Crippen molar-refractivity contribution in [2.45, 2.75) is 51.7 Å². The molecule has 1 aliphatic heterocycles. The van der Waals surface area contributed by atoms with Gasteiger partial charge in [-0.15, -0.1) is 0 Å². The molecule has 1 saturated heterocycles. The Bertz CT molecular complexity index is 444. The topological polar surface area (TPSA) is 15.3 Å².